The minimum atomic E-state index is -4.07. The first-order chi connectivity index (χ1) is 28.3. The molecular weight excluding hydrogens is 896 g/mol. The second kappa shape index (κ2) is 23.8. The van der Waals surface area contributed by atoms with Gasteiger partial charge in [0.1, 0.15) is 0 Å². The van der Waals surface area contributed by atoms with E-state index in [2.05, 4.69) is 159 Å². The predicted molar refractivity (Wildman–Crippen MR) is 259 cm³/mol. The molecule has 0 spiro atoms. The molecule has 0 aromatic heterocycles. The number of fused-ring (bicyclic) bond motifs is 4. The van der Waals surface area contributed by atoms with E-state index in [1.807, 2.05) is 0 Å². The van der Waals surface area contributed by atoms with Crippen molar-refractivity contribution >= 4 is 74.8 Å². The Kier molecular flexibility index (Phi) is 19.6. The zero-order chi connectivity index (χ0) is 40.5. The van der Waals surface area contributed by atoms with Gasteiger partial charge in [0.2, 0.25) is 0 Å². The van der Waals surface area contributed by atoms with Gasteiger partial charge in [0.25, 0.3) is 0 Å². The predicted octanol–water partition coefficient (Wildman–Crippen LogP) is 16.9. The quantitative estimate of drug-likeness (QED) is 0.115. The Bertz CT molecular complexity index is 2400. The smallest absolute Gasteiger partial charge is 0.0178 e. The van der Waals surface area contributed by atoms with Crippen LogP contribution in [0.5, 0.6) is 0 Å². The molecule has 0 N–H and O–H groups in total. The average Bonchev–Trinajstić information content (AvgIpc) is 4.10. The minimum Gasteiger partial charge on any atom is -0.164 e. The molecule has 2 saturated carbocycles. The molecule has 8 aromatic carbocycles. The minimum absolute atomic E-state index is 0. The monoisotopic (exact) mass is 948 g/mol. The summed E-state index contributed by atoms with van der Waals surface area (Å²) in [6.07, 6.45) is 8.82. The maximum Gasteiger partial charge on any atom is -0.0178 e. The third-order valence-corrected chi connectivity index (χ3v) is 12.0. The van der Waals surface area contributed by atoms with Crippen LogP contribution >= 0.6 is 24.8 Å². The maximum atomic E-state index is 10.7. The van der Waals surface area contributed by atoms with Crippen molar-refractivity contribution in [3.63, 3.8) is 0 Å². The second-order valence-electron chi connectivity index (χ2n) is 16.0. The molecule has 318 valence electrons. The molecule has 0 nitrogen and oxygen atoms in total. The molecule has 2 radical (unpaired) electrons. The van der Waals surface area contributed by atoms with Gasteiger partial charge in [-0.2, -0.15) is 25.3 Å². The van der Waals surface area contributed by atoms with Crippen molar-refractivity contribution in [3.8, 4) is 22.3 Å². The van der Waals surface area contributed by atoms with E-state index in [-0.39, 0.29) is 32.2 Å². The molecular formula is C54H55Cl2F3SiZr-4. The molecule has 0 amide bonds. The summed E-state index contributed by atoms with van der Waals surface area (Å²) in [6.45, 7) is 5.69. The Morgan fingerprint density at radius 2 is 0.885 bits per heavy atom. The van der Waals surface area contributed by atoms with E-state index < -0.39 is 12.6 Å². The Balaban J connectivity index is 0.000000220. The fourth-order valence-corrected chi connectivity index (χ4v) is 9.14. The Labute approximate surface area is 390 Å². The van der Waals surface area contributed by atoms with Crippen molar-refractivity contribution in [1.29, 1.82) is 0 Å². The molecule has 0 saturated heterocycles. The van der Waals surface area contributed by atoms with Gasteiger partial charge in [-0.05, 0) is 69.5 Å². The Hall–Kier alpha value is -3.47. The summed E-state index contributed by atoms with van der Waals surface area (Å²) in [5, 5.41) is 10.8. The normalized spacial score (nSPS) is 13.8. The van der Waals surface area contributed by atoms with Crippen molar-refractivity contribution in [2.75, 3.05) is 0 Å². The van der Waals surface area contributed by atoms with Gasteiger partial charge in [-0.3, -0.25) is 0 Å². The van der Waals surface area contributed by atoms with Gasteiger partial charge in [-0.25, -0.2) is 0 Å². The maximum absolute atomic E-state index is 10.7. The van der Waals surface area contributed by atoms with Crippen molar-refractivity contribution in [2.45, 2.75) is 76.8 Å². The summed E-state index contributed by atoms with van der Waals surface area (Å²) >= 11 is 1.36. The SMILES string of the molecule is Cl.Cl.[CH2-]CC(F)(F)F.[CH3-].[Si]=[Zr].c1ccc2cc(-c3cccc4[cH-]c(CC5CCCC5)cc34)ccc2c1.c1ccc2cc(-c3cccc4[cH-]c(CC5CCCC5)cc34)ccc2c1. The van der Waals surface area contributed by atoms with Gasteiger partial charge in [0.05, 0.1) is 0 Å². The molecule has 8 aromatic rings. The van der Waals surface area contributed by atoms with Crippen LogP contribution in [0.2, 0.25) is 0 Å². The fraction of sp³-hybridized carbons (Fsp3) is 0.259. The van der Waals surface area contributed by atoms with Crippen molar-refractivity contribution in [3.05, 3.63) is 171 Å². The third-order valence-electron chi connectivity index (χ3n) is 12.0. The first kappa shape index (κ1) is 50.2. The van der Waals surface area contributed by atoms with Gasteiger partial charge in [0, 0.05) is 0 Å². The molecule has 2 aliphatic rings. The van der Waals surface area contributed by atoms with Gasteiger partial charge in [-0.1, -0.05) is 154 Å². The van der Waals surface area contributed by atoms with Gasteiger partial charge in [0.15, 0.2) is 0 Å². The summed E-state index contributed by atoms with van der Waals surface area (Å²) in [7, 11) is 0. The largest absolute Gasteiger partial charge is 0.164 e. The summed E-state index contributed by atoms with van der Waals surface area (Å²) < 4.78 is 32.2. The summed E-state index contributed by atoms with van der Waals surface area (Å²) in [5.74, 6) is 1.81. The van der Waals surface area contributed by atoms with Gasteiger partial charge < -0.3 is 14.4 Å². The molecule has 0 aliphatic heterocycles. The third kappa shape index (κ3) is 13.0. The van der Waals surface area contributed by atoms with Crippen LogP contribution in [0, 0.1) is 26.2 Å². The van der Waals surface area contributed by atoms with Crippen molar-refractivity contribution < 1.29 is 36.5 Å². The Morgan fingerprint density at radius 3 is 1.25 bits per heavy atom. The summed E-state index contributed by atoms with van der Waals surface area (Å²) in [4.78, 5) is 0. The molecule has 0 atom stereocenters. The topological polar surface area (TPSA) is 0 Å². The first-order valence-electron chi connectivity index (χ1n) is 20.8. The van der Waals surface area contributed by atoms with Gasteiger partial charge >= 0.3 is 36.4 Å². The van der Waals surface area contributed by atoms with Crippen molar-refractivity contribution in [1.82, 2.24) is 0 Å². The van der Waals surface area contributed by atoms with Crippen LogP contribution in [0.15, 0.2) is 146 Å². The van der Waals surface area contributed by atoms with E-state index in [9.17, 15) is 13.2 Å². The van der Waals surface area contributed by atoms with Crippen molar-refractivity contribution in [2.24, 2.45) is 11.8 Å². The number of alkyl halides is 3. The second-order valence-corrected chi connectivity index (χ2v) is 16.0. The summed E-state index contributed by atoms with van der Waals surface area (Å²) in [5.41, 5.74) is 8.41. The van der Waals surface area contributed by atoms with Crippen LogP contribution in [0.4, 0.5) is 13.2 Å². The summed E-state index contributed by atoms with van der Waals surface area (Å²) in [6, 6.07) is 54.1. The molecule has 10 rings (SSSR count). The van der Waals surface area contributed by atoms with E-state index in [1.165, 1.54) is 164 Å². The van der Waals surface area contributed by atoms with E-state index >= 15 is 0 Å². The van der Waals surface area contributed by atoms with Crippen LogP contribution in [0.1, 0.15) is 68.9 Å². The Morgan fingerprint density at radius 1 is 0.525 bits per heavy atom. The number of benzene rings is 6. The van der Waals surface area contributed by atoms with Crippen LogP contribution in [-0.4, -0.2) is 13.1 Å². The van der Waals surface area contributed by atoms with E-state index in [0.717, 1.165) is 11.8 Å². The first-order valence-corrected chi connectivity index (χ1v) is 24.9. The molecule has 0 unspecified atom stereocenters. The number of hydrogen-bond donors (Lipinski definition) is 0. The zero-order valence-electron chi connectivity index (χ0n) is 34.9. The molecule has 0 bridgehead atoms. The van der Waals surface area contributed by atoms with Crippen LogP contribution in [-0.2, 0) is 36.2 Å². The molecule has 7 heteroatoms. The average molecular weight is 951 g/mol. The fourth-order valence-electron chi connectivity index (χ4n) is 9.14. The van der Waals surface area contributed by atoms with E-state index in [1.54, 1.807) is 0 Å². The molecule has 2 fully saturated rings. The molecule has 2 aliphatic carbocycles. The molecule has 0 heterocycles. The number of hydrogen-bond acceptors (Lipinski definition) is 0. The van der Waals surface area contributed by atoms with Gasteiger partial charge in [-0.15, -0.1) is 93.9 Å². The zero-order valence-corrected chi connectivity index (χ0v) is 40.0. The van der Waals surface area contributed by atoms with E-state index in [0.29, 0.717) is 0 Å². The van der Waals surface area contributed by atoms with Crippen LogP contribution < -0.4 is 0 Å². The standard InChI is InChI=1S/2C25H23.C3H4F3.CH3.2ClH.Si.Zr/c2*1-2-7-18(6-1)14-19-15-22-10-5-11-24(25(22)16-19)23-13-12-20-8-3-4-9-21(20)17-23;1-2-3(4,5)6;;;;;/h2*3-5,8-13,15-18H,1-2,6-7,14H2;1-2H2;1H3;2*1H;;/q4*-1;;;;. The number of halogens is 5. The van der Waals surface area contributed by atoms with E-state index in [4.69, 9.17) is 0 Å². The van der Waals surface area contributed by atoms with Crippen LogP contribution in [0.3, 0.4) is 0 Å². The molecule has 61 heavy (non-hydrogen) atoms. The number of rotatable bonds is 6. The van der Waals surface area contributed by atoms with Crippen LogP contribution in [0.25, 0.3) is 65.3 Å².